The highest BCUT2D eigenvalue weighted by Crippen LogP contribution is 2.32. The fourth-order valence-electron chi connectivity index (χ4n) is 1.77. The average Bonchev–Trinajstić information content (AvgIpc) is 2.94. The molecule has 0 aliphatic rings. The van der Waals surface area contributed by atoms with Crippen LogP contribution in [0.15, 0.2) is 32.9 Å². The maximum absolute atomic E-state index is 12.4. The van der Waals surface area contributed by atoms with Crippen molar-refractivity contribution in [3.63, 3.8) is 0 Å². The van der Waals surface area contributed by atoms with Crippen LogP contribution in [0, 0.1) is 0 Å². The summed E-state index contributed by atoms with van der Waals surface area (Å²) in [7, 11) is 0. The van der Waals surface area contributed by atoms with Gasteiger partial charge in [0.2, 0.25) is 0 Å². The predicted octanol–water partition coefficient (Wildman–Crippen LogP) is 4.58. The van der Waals surface area contributed by atoms with Crippen molar-refractivity contribution >= 4 is 40.6 Å². The van der Waals surface area contributed by atoms with Crippen molar-refractivity contribution in [1.29, 1.82) is 0 Å². The number of ketones is 1. The Hall–Kier alpha value is -0.850. The first-order chi connectivity index (χ1) is 10.1. The SMILES string of the molecule is CCSc1nnc(SC(C)C(=O)c2ccc(CC)cc2)s1. The van der Waals surface area contributed by atoms with Gasteiger partial charge >= 0.3 is 0 Å². The molecule has 0 aliphatic heterocycles. The highest BCUT2D eigenvalue weighted by molar-refractivity contribution is 8.03. The van der Waals surface area contributed by atoms with Crippen LogP contribution in [0.2, 0.25) is 0 Å². The molecule has 0 saturated heterocycles. The first-order valence-electron chi connectivity index (χ1n) is 6.90. The Morgan fingerprint density at radius 3 is 2.48 bits per heavy atom. The Labute approximate surface area is 137 Å². The number of carbonyl (C=O) groups is 1. The van der Waals surface area contributed by atoms with Crippen molar-refractivity contribution < 1.29 is 4.79 Å². The molecule has 0 amide bonds. The molecule has 0 bridgehead atoms. The molecule has 0 spiro atoms. The molecule has 2 aromatic rings. The number of benzene rings is 1. The summed E-state index contributed by atoms with van der Waals surface area (Å²) in [6, 6.07) is 7.87. The molecule has 1 heterocycles. The van der Waals surface area contributed by atoms with Gasteiger partial charge in [0.25, 0.3) is 0 Å². The van der Waals surface area contributed by atoms with Gasteiger partial charge in [0.15, 0.2) is 14.5 Å². The molecule has 1 atom stereocenters. The molecule has 1 unspecified atom stereocenters. The summed E-state index contributed by atoms with van der Waals surface area (Å²) in [5, 5.41) is 8.10. The van der Waals surface area contributed by atoms with E-state index in [9.17, 15) is 4.79 Å². The lowest BCUT2D eigenvalue weighted by Gasteiger charge is -2.08. The van der Waals surface area contributed by atoms with Crippen LogP contribution >= 0.6 is 34.9 Å². The van der Waals surface area contributed by atoms with Gasteiger partial charge in [0.05, 0.1) is 5.25 Å². The molecule has 1 aromatic carbocycles. The van der Waals surface area contributed by atoms with Crippen LogP contribution in [0.4, 0.5) is 0 Å². The second-order valence-electron chi connectivity index (χ2n) is 4.44. The molecule has 0 aliphatic carbocycles. The zero-order valence-electron chi connectivity index (χ0n) is 12.3. The second-order valence-corrected chi connectivity index (χ2v) is 8.52. The van der Waals surface area contributed by atoms with Gasteiger partial charge in [-0.1, -0.05) is 73.0 Å². The fraction of sp³-hybridized carbons (Fsp3) is 0.400. The van der Waals surface area contributed by atoms with Crippen molar-refractivity contribution in [2.24, 2.45) is 0 Å². The third kappa shape index (κ3) is 4.56. The number of hydrogen-bond donors (Lipinski definition) is 0. The molecular weight excluding hydrogens is 320 g/mol. The average molecular weight is 339 g/mol. The zero-order chi connectivity index (χ0) is 15.2. The molecule has 0 radical (unpaired) electrons. The number of aryl methyl sites for hydroxylation is 1. The van der Waals surface area contributed by atoms with E-state index in [1.807, 2.05) is 31.2 Å². The van der Waals surface area contributed by atoms with E-state index in [-0.39, 0.29) is 11.0 Å². The van der Waals surface area contributed by atoms with Gasteiger partial charge < -0.3 is 0 Å². The van der Waals surface area contributed by atoms with E-state index in [0.717, 1.165) is 26.4 Å². The van der Waals surface area contributed by atoms with Crippen molar-refractivity contribution in [2.75, 3.05) is 5.75 Å². The Bertz CT molecular complexity index is 595. The van der Waals surface area contributed by atoms with E-state index in [1.165, 1.54) is 17.3 Å². The topological polar surface area (TPSA) is 42.9 Å². The van der Waals surface area contributed by atoms with E-state index < -0.39 is 0 Å². The first-order valence-corrected chi connectivity index (χ1v) is 9.58. The van der Waals surface area contributed by atoms with E-state index >= 15 is 0 Å². The first kappa shape index (κ1) is 16.5. The van der Waals surface area contributed by atoms with Crippen LogP contribution in [0.5, 0.6) is 0 Å². The van der Waals surface area contributed by atoms with Gasteiger partial charge in [-0.3, -0.25) is 4.79 Å². The quantitative estimate of drug-likeness (QED) is 0.546. The summed E-state index contributed by atoms with van der Waals surface area (Å²) in [6.07, 6.45) is 0.988. The Morgan fingerprint density at radius 1 is 1.19 bits per heavy atom. The number of aromatic nitrogens is 2. The standard InChI is InChI=1S/C15H18N2OS3/c1-4-11-6-8-12(9-7-11)13(18)10(3)20-15-17-16-14(21-15)19-5-2/h6-10H,4-5H2,1-3H3. The molecule has 0 fully saturated rings. The monoisotopic (exact) mass is 338 g/mol. The number of Topliss-reactive ketones (excluding diaryl/α,β-unsaturated/α-hetero) is 1. The minimum absolute atomic E-state index is 0.141. The van der Waals surface area contributed by atoms with Gasteiger partial charge in [-0.05, 0) is 24.7 Å². The third-order valence-corrected chi connectivity index (χ3v) is 6.07. The van der Waals surface area contributed by atoms with Crippen LogP contribution in [-0.4, -0.2) is 27.0 Å². The third-order valence-electron chi connectivity index (χ3n) is 2.95. The van der Waals surface area contributed by atoms with Crippen LogP contribution in [0.3, 0.4) is 0 Å². The number of hydrogen-bond acceptors (Lipinski definition) is 6. The van der Waals surface area contributed by atoms with Crippen LogP contribution in [0.25, 0.3) is 0 Å². The molecule has 3 nitrogen and oxygen atoms in total. The van der Waals surface area contributed by atoms with E-state index in [0.29, 0.717) is 0 Å². The molecule has 0 saturated carbocycles. The summed E-state index contributed by atoms with van der Waals surface area (Å²) in [5.74, 6) is 1.12. The van der Waals surface area contributed by atoms with Gasteiger partial charge in [0, 0.05) is 5.56 Å². The lowest BCUT2D eigenvalue weighted by atomic mass is 10.1. The molecular formula is C15H18N2OS3. The highest BCUT2D eigenvalue weighted by atomic mass is 32.2. The molecule has 21 heavy (non-hydrogen) atoms. The molecule has 112 valence electrons. The summed E-state index contributed by atoms with van der Waals surface area (Å²) >= 11 is 4.72. The summed E-state index contributed by atoms with van der Waals surface area (Å²) in [5.41, 5.74) is 2.01. The predicted molar refractivity (Wildman–Crippen MR) is 91.8 cm³/mol. The lowest BCUT2D eigenvalue weighted by molar-refractivity contribution is 0.0994. The molecule has 2 rings (SSSR count). The van der Waals surface area contributed by atoms with E-state index in [2.05, 4.69) is 24.0 Å². The smallest absolute Gasteiger partial charge is 0.175 e. The van der Waals surface area contributed by atoms with Crippen molar-refractivity contribution in [1.82, 2.24) is 10.2 Å². The minimum Gasteiger partial charge on any atom is -0.293 e. The summed E-state index contributed by atoms with van der Waals surface area (Å²) in [4.78, 5) is 12.4. The normalized spacial score (nSPS) is 12.3. The molecule has 1 aromatic heterocycles. The van der Waals surface area contributed by atoms with Crippen molar-refractivity contribution in [2.45, 2.75) is 41.1 Å². The van der Waals surface area contributed by atoms with Gasteiger partial charge in [-0.2, -0.15) is 0 Å². The number of thioether (sulfide) groups is 2. The second kappa shape index (κ2) is 7.96. The minimum atomic E-state index is -0.148. The van der Waals surface area contributed by atoms with Crippen molar-refractivity contribution in [3.05, 3.63) is 35.4 Å². The number of carbonyl (C=O) groups excluding carboxylic acids is 1. The summed E-state index contributed by atoms with van der Waals surface area (Å²) in [6.45, 7) is 6.12. The Morgan fingerprint density at radius 2 is 1.86 bits per heavy atom. The molecule has 6 heteroatoms. The maximum atomic E-state index is 12.4. The zero-order valence-corrected chi connectivity index (χ0v) is 14.8. The largest absolute Gasteiger partial charge is 0.293 e. The fourth-order valence-corrected chi connectivity index (χ4v) is 4.91. The lowest BCUT2D eigenvalue weighted by Crippen LogP contribution is -2.13. The van der Waals surface area contributed by atoms with Crippen LogP contribution in [0.1, 0.15) is 36.7 Å². The summed E-state index contributed by atoms with van der Waals surface area (Å²) < 4.78 is 1.82. The number of rotatable bonds is 7. The highest BCUT2D eigenvalue weighted by Gasteiger charge is 2.18. The Kier molecular flexibility index (Phi) is 6.26. The molecule has 0 N–H and O–H groups in total. The van der Waals surface area contributed by atoms with Gasteiger partial charge in [0.1, 0.15) is 0 Å². The van der Waals surface area contributed by atoms with Gasteiger partial charge in [-0.15, -0.1) is 10.2 Å². The van der Waals surface area contributed by atoms with Gasteiger partial charge in [-0.25, -0.2) is 0 Å². The van der Waals surface area contributed by atoms with E-state index in [4.69, 9.17) is 0 Å². The van der Waals surface area contributed by atoms with Crippen molar-refractivity contribution in [3.8, 4) is 0 Å². The number of nitrogens with zero attached hydrogens (tertiary/aromatic N) is 2. The van der Waals surface area contributed by atoms with Crippen LogP contribution in [-0.2, 0) is 6.42 Å². The maximum Gasteiger partial charge on any atom is 0.175 e. The van der Waals surface area contributed by atoms with Crippen LogP contribution < -0.4 is 0 Å². The Balaban J connectivity index is 2.00. The van der Waals surface area contributed by atoms with E-state index in [1.54, 1.807) is 23.1 Å².